The number of nitrogens with zero attached hydrogens (tertiary/aromatic N) is 3. The topological polar surface area (TPSA) is 48.8 Å². The zero-order chi connectivity index (χ0) is 11.1. The monoisotopic (exact) mass is 265 g/mol. The summed E-state index contributed by atoms with van der Waals surface area (Å²) in [4.78, 5) is 2.69. The lowest BCUT2D eigenvalue weighted by Crippen LogP contribution is -1.78. The summed E-state index contributed by atoms with van der Waals surface area (Å²) in [6.45, 7) is 2.57. The minimum absolute atomic E-state index is 0.516. The van der Waals surface area contributed by atoms with E-state index < -0.39 is 0 Å². The van der Waals surface area contributed by atoms with Gasteiger partial charge in [0.25, 0.3) is 0 Å². The molecule has 0 spiro atoms. The summed E-state index contributed by atoms with van der Waals surface area (Å²) in [6.07, 6.45) is 4.82. The van der Waals surface area contributed by atoms with Crippen LogP contribution < -0.4 is 0 Å². The van der Waals surface area contributed by atoms with E-state index in [9.17, 15) is 0 Å². The van der Waals surface area contributed by atoms with Crippen molar-refractivity contribution in [2.45, 2.75) is 13.3 Å². The third-order valence-corrected chi connectivity index (χ3v) is 2.84. The van der Waals surface area contributed by atoms with E-state index in [2.05, 4.69) is 38.9 Å². The molecule has 1 aromatic rings. The van der Waals surface area contributed by atoms with Gasteiger partial charge in [-0.05, 0) is 36.1 Å². The van der Waals surface area contributed by atoms with Crippen LogP contribution >= 0.6 is 15.9 Å². The first-order chi connectivity index (χ1) is 7.24. The van der Waals surface area contributed by atoms with Gasteiger partial charge in [-0.3, -0.25) is 0 Å². The van der Waals surface area contributed by atoms with Crippen molar-refractivity contribution in [1.82, 2.24) is 0 Å². The van der Waals surface area contributed by atoms with Gasteiger partial charge in [0.15, 0.2) is 0 Å². The maximum Gasteiger partial charge on any atom is 0.0292 e. The molecule has 15 heavy (non-hydrogen) atoms. The van der Waals surface area contributed by atoms with Crippen molar-refractivity contribution in [3.8, 4) is 0 Å². The predicted molar refractivity (Wildman–Crippen MR) is 66.5 cm³/mol. The van der Waals surface area contributed by atoms with Crippen LogP contribution in [0.3, 0.4) is 0 Å². The molecule has 0 aliphatic carbocycles. The van der Waals surface area contributed by atoms with Gasteiger partial charge >= 0.3 is 0 Å². The van der Waals surface area contributed by atoms with Crippen molar-refractivity contribution in [2.75, 3.05) is 6.54 Å². The maximum atomic E-state index is 8.08. The zero-order valence-corrected chi connectivity index (χ0v) is 10.1. The highest BCUT2D eigenvalue weighted by Crippen LogP contribution is 2.17. The van der Waals surface area contributed by atoms with E-state index in [1.54, 1.807) is 0 Å². The summed E-state index contributed by atoms with van der Waals surface area (Å²) in [5.74, 6) is 0. The number of hydrogen-bond acceptors (Lipinski definition) is 1. The molecule has 0 atom stereocenters. The van der Waals surface area contributed by atoms with E-state index in [0.717, 1.165) is 16.5 Å². The minimum atomic E-state index is 0.516. The van der Waals surface area contributed by atoms with Gasteiger partial charge in [0.1, 0.15) is 0 Å². The van der Waals surface area contributed by atoms with Gasteiger partial charge in [-0.25, -0.2) is 0 Å². The van der Waals surface area contributed by atoms with Crippen LogP contribution in [-0.2, 0) is 0 Å². The van der Waals surface area contributed by atoms with Crippen molar-refractivity contribution < 1.29 is 0 Å². The second-order valence-corrected chi connectivity index (χ2v) is 4.01. The van der Waals surface area contributed by atoms with Crippen LogP contribution in [0.15, 0.2) is 33.9 Å². The van der Waals surface area contributed by atoms with Gasteiger partial charge < -0.3 is 0 Å². The molecule has 3 nitrogen and oxygen atoms in total. The standard InChI is InChI=1S/C11H12BrN3/c1-9-8-10(5-6-11(9)12)4-2-3-7-14-15-13/h2,4-6,8H,3,7H2,1H3. The fourth-order valence-electron chi connectivity index (χ4n) is 1.17. The van der Waals surface area contributed by atoms with Gasteiger partial charge in [-0.1, -0.05) is 45.3 Å². The van der Waals surface area contributed by atoms with Crippen molar-refractivity contribution in [3.63, 3.8) is 0 Å². The first-order valence-electron chi connectivity index (χ1n) is 4.67. The van der Waals surface area contributed by atoms with Crippen LogP contribution in [0.1, 0.15) is 17.5 Å². The molecule has 0 amide bonds. The molecule has 0 fully saturated rings. The van der Waals surface area contributed by atoms with Crippen LogP contribution in [0, 0.1) is 6.92 Å². The van der Waals surface area contributed by atoms with Gasteiger partial charge in [0, 0.05) is 15.9 Å². The number of azide groups is 1. The lowest BCUT2D eigenvalue weighted by Gasteiger charge is -1.99. The lowest BCUT2D eigenvalue weighted by molar-refractivity contribution is 0.995. The Morgan fingerprint density at radius 2 is 2.33 bits per heavy atom. The Labute approximate surface area is 97.6 Å². The van der Waals surface area contributed by atoms with E-state index in [-0.39, 0.29) is 0 Å². The smallest absolute Gasteiger partial charge is 0.0292 e. The first-order valence-corrected chi connectivity index (χ1v) is 5.47. The number of halogens is 1. The number of hydrogen-bond donors (Lipinski definition) is 0. The third-order valence-electron chi connectivity index (χ3n) is 1.95. The SMILES string of the molecule is Cc1cc(C=CCCN=[N+]=[N-])ccc1Br. The predicted octanol–water partition coefficient (Wildman–Crippen LogP) is 4.47. The normalized spacial score (nSPS) is 10.3. The summed E-state index contributed by atoms with van der Waals surface area (Å²) >= 11 is 3.45. The third kappa shape index (κ3) is 4.19. The van der Waals surface area contributed by atoms with Gasteiger partial charge in [0.2, 0.25) is 0 Å². The Hall–Kier alpha value is -1.25. The molecule has 78 valence electrons. The molecule has 0 aliphatic heterocycles. The molecule has 0 aromatic heterocycles. The number of aryl methyl sites for hydroxylation is 1. The second-order valence-electron chi connectivity index (χ2n) is 3.15. The summed E-state index contributed by atoms with van der Waals surface area (Å²) in [7, 11) is 0. The summed E-state index contributed by atoms with van der Waals surface area (Å²) in [5.41, 5.74) is 10.5. The quantitative estimate of drug-likeness (QED) is 0.334. The number of rotatable bonds is 4. The zero-order valence-electron chi connectivity index (χ0n) is 8.52. The molecule has 0 N–H and O–H groups in total. The fraction of sp³-hybridized carbons (Fsp3) is 0.273. The molecule has 0 bridgehead atoms. The highest BCUT2D eigenvalue weighted by atomic mass is 79.9. The van der Waals surface area contributed by atoms with Crippen molar-refractivity contribution >= 4 is 22.0 Å². The second kappa shape index (κ2) is 6.27. The van der Waals surface area contributed by atoms with Gasteiger partial charge in [-0.2, -0.15) is 0 Å². The van der Waals surface area contributed by atoms with E-state index in [4.69, 9.17) is 5.53 Å². The molecule has 0 saturated heterocycles. The van der Waals surface area contributed by atoms with Crippen molar-refractivity contribution in [3.05, 3.63) is 50.3 Å². The van der Waals surface area contributed by atoms with Crippen LogP contribution in [-0.4, -0.2) is 6.54 Å². The maximum absolute atomic E-state index is 8.08. The van der Waals surface area contributed by atoms with E-state index in [0.29, 0.717) is 6.54 Å². The Bertz CT molecular complexity index is 406. The molecule has 0 saturated carbocycles. The van der Waals surface area contributed by atoms with Crippen LogP contribution in [0.5, 0.6) is 0 Å². The Morgan fingerprint density at radius 1 is 1.53 bits per heavy atom. The minimum Gasteiger partial charge on any atom is -0.0937 e. The van der Waals surface area contributed by atoms with Crippen LogP contribution in [0.4, 0.5) is 0 Å². The largest absolute Gasteiger partial charge is 0.0937 e. The Kier molecular flexibility index (Phi) is 4.95. The molecule has 4 heteroatoms. The molecule has 1 aromatic carbocycles. The van der Waals surface area contributed by atoms with E-state index in [1.165, 1.54) is 5.56 Å². The highest BCUT2D eigenvalue weighted by Gasteiger charge is 1.93. The van der Waals surface area contributed by atoms with Crippen molar-refractivity contribution in [2.24, 2.45) is 5.11 Å². The molecule has 0 heterocycles. The average molecular weight is 266 g/mol. The molecule has 0 radical (unpaired) electrons. The molecule has 0 aliphatic rings. The van der Waals surface area contributed by atoms with Gasteiger partial charge in [-0.15, -0.1) is 0 Å². The average Bonchev–Trinajstić information content (AvgIpc) is 2.23. The first kappa shape index (κ1) is 11.8. The van der Waals surface area contributed by atoms with E-state index >= 15 is 0 Å². The highest BCUT2D eigenvalue weighted by molar-refractivity contribution is 9.10. The fourth-order valence-corrected chi connectivity index (χ4v) is 1.41. The Balaban J connectivity index is 2.56. The number of benzene rings is 1. The van der Waals surface area contributed by atoms with Crippen molar-refractivity contribution in [1.29, 1.82) is 0 Å². The molecular weight excluding hydrogens is 254 g/mol. The molecule has 0 unspecified atom stereocenters. The van der Waals surface area contributed by atoms with E-state index in [1.807, 2.05) is 24.3 Å². The van der Waals surface area contributed by atoms with Crippen LogP contribution in [0.2, 0.25) is 0 Å². The summed E-state index contributed by atoms with van der Waals surface area (Å²) < 4.78 is 1.12. The van der Waals surface area contributed by atoms with Crippen LogP contribution in [0.25, 0.3) is 16.5 Å². The molecular formula is C11H12BrN3. The lowest BCUT2D eigenvalue weighted by atomic mass is 10.1. The summed E-state index contributed by atoms with van der Waals surface area (Å²) in [5, 5.41) is 3.46. The molecule has 1 rings (SSSR count). The van der Waals surface area contributed by atoms with Gasteiger partial charge in [0.05, 0.1) is 0 Å². The Morgan fingerprint density at radius 3 is 3.00 bits per heavy atom. The summed E-state index contributed by atoms with van der Waals surface area (Å²) in [6, 6.07) is 6.18.